The molecule has 0 bridgehead atoms. The highest BCUT2D eigenvalue weighted by atomic mass is 35.5. The Kier molecular flexibility index (Phi) is 4.95. The molecule has 0 spiro atoms. The lowest BCUT2D eigenvalue weighted by Crippen LogP contribution is -2.21. The molecule has 0 saturated carbocycles. The molecule has 1 fully saturated rings. The molecule has 1 aliphatic rings. The van der Waals surface area contributed by atoms with Crippen LogP contribution < -0.4 is 5.43 Å². The molecular formula is C13H14ClFN2O3S. The van der Waals surface area contributed by atoms with Gasteiger partial charge in [0, 0.05) is 12.0 Å². The maximum Gasteiger partial charge on any atom is 0.240 e. The second-order valence-corrected chi connectivity index (χ2v) is 7.54. The Morgan fingerprint density at radius 2 is 2.29 bits per heavy atom. The molecule has 1 N–H and O–H groups in total. The van der Waals surface area contributed by atoms with Gasteiger partial charge in [-0.05, 0) is 24.5 Å². The Balaban J connectivity index is 1.88. The van der Waals surface area contributed by atoms with E-state index in [0.717, 1.165) is 6.21 Å². The maximum absolute atomic E-state index is 13.4. The third-order valence-corrected chi connectivity index (χ3v) is 5.35. The standard InChI is InChI=1S/C13H14ClFN2O3S/c14-11-2-1-3-12(15)10(11)7-16-17-13(18)6-9-4-5-21(19,20)8-9/h1-3,7,9H,4-6,8H2,(H,17,18)/b16-7-/t9-/m0/s1. The largest absolute Gasteiger partial charge is 0.273 e. The van der Waals surface area contributed by atoms with Crippen molar-refractivity contribution in [3.63, 3.8) is 0 Å². The number of carbonyl (C=O) groups is 1. The molecule has 0 radical (unpaired) electrons. The molecule has 0 aliphatic carbocycles. The first-order valence-electron chi connectivity index (χ1n) is 6.34. The molecule has 0 unspecified atom stereocenters. The molecule has 2 rings (SSSR count). The van der Waals surface area contributed by atoms with E-state index in [9.17, 15) is 17.6 Å². The highest BCUT2D eigenvalue weighted by molar-refractivity contribution is 7.91. The zero-order valence-electron chi connectivity index (χ0n) is 11.1. The summed E-state index contributed by atoms with van der Waals surface area (Å²) in [5.74, 6) is -0.965. The van der Waals surface area contributed by atoms with Crippen molar-refractivity contribution in [2.45, 2.75) is 12.8 Å². The first kappa shape index (κ1) is 15.9. The molecule has 1 atom stereocenters. The fourth-order valence-electron chi connectivity index (χ4n) is 2.14. The lowest BCUT2D eigenvalue weighted by atomic mass is 10.1. The molecule has 1 saturated heterocycles. The Bertz CT molecular complexity index is 656. The van der Waals surface area contributed by atoms with Crippen LogP contribution in [0.1, 0.15) is 18.4 Å². The van der Waals surface area contributed by atoms with Crippen LogP contribution in [-0.2, 0) is 14.6 Å². The van der Waals surface area contributed by atoms with E-state index < -0.39 is 21.6 Å². The number of sulfone groups is 1. The van der Waals surface area contributed by atoms with E-state index in [2.05, 4.69) is 10.5 Å². The highest BCUT2D eigenvalue weighted by Gasteiger charge is 2.29. The molecule has 1 aromatic carbocycles. The minimum absolute atomic E-state index is 0.0310. The smallest absolute Gasteiger partial charge is 0.240 e. The molecule has 1 aromatic rings. The number of hydrogen-bond donors (Lipinski definition) is 1. The third-order valence-electron chi connectivity index (χ3n) is 3.18. The fraction of sp³-hybridized carbons (Fsp3) is 0.385. The van der Waals surface area contributed by atoms with Crippen LogP contribution in [0.2, 0.25) is 5.02 Å². The molecule has 21 heavy (non-hydrogen) atoms. The fourth-order valence-corrected chi connectivity index (χ4v) is 4.22. The normalized spacial score (nSPS) is 20.8. The third kappa shape index (κ3) is 4.50. The summed E-state index contributed by atoms with van der Waals surface area (Å²) in [4.78, 5) is 11.6. The molecular weight excluding hydrogens is 319 g/mol. The summed E-state index contributed by atoms with van der Waals surface area (Å²) in [5, 5.41) is 3.83. The highest BCUT2D eigenvalue weighted by Crippen LogP contribution is 2.21. The Hall–Kier alpha value is -1.47. The van der Waals surface area contributed by atoms with Gasteiger partial charge in [0.15, 0.2) is 9.84 Å². The van der Waals surface area contributed by atoms with E-state index in [4.69, 9.17) is 11.6 Å². The van der Waals surface area contributed by atoms with Crippen molar-refractivity contribution in [3.05, 3.63) is 34.6 Å². The number of nitrogens with zero attached hydrogens (tertiary/aromatic N) is 1. The molecule has 114 valence electrons. The second kappa shape index (κ2) is 6.53. The van der Waals surface area contributed by atoms with E-state index in [1.807, 2.05) is 0 Å². The van der Waals surface area contributed by atoms with Gasteiger partial charge in [0.1, 0.15) is 5.82 Å². The molecule has 0 aromatic heterocycles. The van der Waals surface area contributed by atoms with Gasteiger partial charge in [0.2, 0.25) is 5.91 Å². The van der Waals surface area contributed by atoms with Crippen molar-refractivity contribution >= 4 is 33.6 Å². The van der Waals surface area contributed by atoms with E-state index in [1.165, 1.54) is 18.2 Å². The van der Waals surface area contributed by atoms with Gasteiger partial charge in [-0.2, -0.15) is 5.10 Å². The molecule has 8 heteroatoms. The van der Waals surface area contributed by atoms with Gasteiger partial charge in [0.25, 0.3) is 0 Å². The number of amides is 1. The number of nitrogens with one attached hydrogen (secondary N) is 1. The molecule has 5 nitrogen and oxygen atoms in total. The van der Waals surface area contributed by atoms with Crippen molar-refractivity contribution in [3.8, 4) is 0 Å². The summed E-state index contributed by atoms with van der Waals surface area (Å²) in [5.41, 5.74) is 2.34. The number of carbonyl (C=O) groups excluding carboxylic acids is 1. The Morgan fingerprint density at radius 1 is 1.52 bits per heavy atom. The van der Waals surface area contributed by atoms with Crippen molar-refractivity contribution in [2.75, 3.05) is 11.5 Å². The van der Waals surface area contributed by atoms with Crippen LogP contribution in [0.25, 0.3) is 0 Å². The summed E-state index contributed by atoms with van der Waals surface area (Å²) in [6, 6.07) is 4.21. The van der Waals surface area contributed by atoms with E-state index in [0.29, 0.717) is 6.42 Å². The zero-order valence-corrected chi connectivity index (χ0v) is 12.6. The Morgan fingerprint density at radius 3 is 2.90 bits per heavy atom. The predicted molar refractivity (Wildman–Crippen MR) is 78.5 cm³/mol. The van der Waals surface area contributed by atoms with E-state index in [-0.39, 0.29) is 34.4 Å². The first-order valence-corrected chi connectivity index (χ1v) is 8.53. The lowest BCUT2D eigenvalue weighted by molar-refractivity contribution is -0.121. The average Bonchev–Trinajstić information content (AvgIpc) is 2.72. The number of hydrogen-bond acceptors (Lipinski definition) is 4. The monoisotopic (exact) mass is 332 g/mol. The van der Waals surface area contributed by atoms with Crippen LogP contribution in [0, 0.1) is 11.7 Å². The van der Waals surface area contributed by atoms with Crippen LogP contribution in [0.3, 0.4) is 0 Å². The summed E-state index contributed by atoms with van der Waals surface area (Å²) < 4.78 is 36.0. The lowest BCUT2D eigenvalue weighted by Gasteiger charge is -2.05. The van der Waals surface area contributed by atoms with Crippen molar-refractivity contribution < 1.29 is 17.6 Å². The zero-order chi connectivity index (χ0) is 15.5. The van der Waals surface area contributed by atoms with Crippen LogP contribution in [0.15, 0.2) is 23.3 Å². The van der Waals surface area contributed by atoms with Crippen molar-refractivity contribution in [2.24, 2.45) is 11.0 Å². The van der Waals surface area contributed by atoms with Crippen LogP contribution >= 0.6 is 11.6 Å². The predicted octanol–water partition coefficient (Wildman–Crippen LogP) is 1.75. The van der Waals surface area contributed by atoms with Crippen molar-refractivity contribution in [1.29, 1.82) is 0 Å². The maximum atomic E-state index is 13.4. The molecule has 1 amide bonds. The van der Waals surface area contributed by atoms with E-state index in [1.54, 1.807) is 0 Å². The van der Waals surface area contributed by atoms with Gasteiger partial charge in [-0.25, -0.2) is 18.2 Å². The topological polar surface area (TPSA) is 75.6 Å². The number of benzene rings is 1. The summed E-state index contributed by atoms with van der Waals surface area (Å²) in [7, 11) is -3.00. The Labute approximate surface area is 127 Å². The quantitative estimate of drug-likeness (QED) is 0.674. The van der Waals surface area contributed by atoms with Gasteiger partial charge in [-0.1, -0.05) is 17.7 Å². The number of halogens is 2. The summed E-state index contributed by atoms with van der Waals surface area (Å²) in [6.45, 7) is 0. The van der Waals surface area contributed by atoms with E-state index >= 15 is 0 Å². The van der Waals surface area contributed by atoms with Crippen LogP contribution in [0.4, 0.5) is 4.39 Å². The minimum atomic E-state index is -3.00. The molecule has 1 aliphatic heterocycles. The summed E-state index contributed by atoms with van der Waals surface area (Å²) >= 11 is 5.80. The van der Waals surface area contributed by atoms with Gasteiger partial charge in [0.05, 0.1) is 22.7 Å². The van der Waals surface area contributed by atoms with Gasteiger partial charge in [-0.15, -0.1) is 0 Å². The number of hydrazone groups is 1. The van der Waals surface area contributed by atoms with Gasteiger partial charge < -0.3 is 0 Å². The van der Waals surface area contributed by atoms with Crippen molar-refractivity contribution in [1.82, 2.24) is 5.43 Å². The van der Waals surface area contributed by atoms with Gasteiger partial charge in [-0.3, -0.25) is 4.79 Å². The van der Waals surface area contributed by atoms with Crippen LogP contribution in [-0.4, -0.2) is 32.0 Å². The average molecular weight is 333 g/mol. The molecule has 1 heterocycles. The second-order valence-electron chi connectivity index (χ2n) is 4.90. The number of rotatable bonds is 4. The van der Waals surface area contributed by atoms with Gasteiger partial charge >= 0.3 is 0 Å². The SMILES string of the molecule is O=C(C[C@@H]1CCS(=O)(=O)C1)N/N=C\c1c(F)cccc1Cl. The van der Waals surface area contributed by atoms with Crippen LogP contribution in [0.5, 0.6) is 0 Å². The minimum Gasteiger partial charge on any atom is -0.273 e. The first-order chi connectivity index (χ1) is 9.87. The summed E-state index contributed by atoms with van der Waals surface area (Å²) in [6.07, 6.45) is 1.70.